The van der Waals surface area contributed by atoms with E-state index in [0.717, 1.165) is 32.3 Å². The number of hydrogen-bond acceptors (Lipinski definition) is 3. The standard InChI is InChI=1S/C14H24N2O4/c1-15(10-12-6-2-3-8-20-12)14(19)16-7-4-5-11(9-16)13(17)18/h11-12H,2-10H2,1H3,(H,17,18)/t11-,12?/m1/s1. The Labute approximate surface area is 119 Å². The van der Waals surface area contributed by atoms with Crippen molar-refractivity contribution in [3.63, 3.8) is 0 Å². The molecule has 6 heteroatoms. The number of carboxylic acid groups (broad SMARTS) is 1. The summed E-state index contributed by atoms with van der Waals surface area (Å²) in [7, 11) is 1.77. The molecule has 0 aromatic heterocycles. The van der Waals surface area contributed by atoms with Gasteiger partial charge in [0.15, 0.2) is 0 Å². The number of piperidine rings is 1. The molecule has 2 heterocycles. The van der Waals surface area contributed by atoms with Gasteiger partial charge in [-0.05, 0) is 32.1 Å². The maximum absolute atomic E-state index is 12.3. The zero-order chi connectivity index (χ0) is 14.5. The lowest BCUT2D eigenvalue weighted by molar-refractivity contribution is -0.143. The SMILES string of the molecule is CN(CC1CCCCO1)C(=O)N1CCC[C@@H](C(=O)O)C1. The molecular formula is C14H24N2O4. The Morgan fingerprint density at radius 2 is 2.10 bits per heavy atom. The topological polar surface area (TPSA) is 70.1 Å². The first kappa shape index (κ1) is 15.1. The lowest BCUT2D eigenvalue weighted by atomic mass is 9.98. The Morgan fingerprint density at radius 1 is 1.30 bits per heavy atom. The number of amides is 2. The maximum atomic E-state index is 12.3. The van der Waals surface area contributed by atoms with Crippen LogP contribution in [0.2, 0.25) is 0 Å². The molecule has 0 spiro atoms. The van der Waals surface area contributed by atoms with E-state index in [9.17, 15) is 9.59 Å². The van der Waals surface area contributed by atoms with Crippen LogP contribution in [0, 0.1) is 5.92 Å². The Hall–Kier alpha value is -1.30. The van der Waals surface area contributed by atoms with Gasteiger partial charge in [-0.25, -0.2) is 4.79 Å². The molecule has 2 aliphatic heterocycles. The van der Waals surface area contributed by atoms with Gasteiger partial charge in [-0.1, -0.05) is 0 Å². The van der Waals surface area contributed by atoms with Gasteiger partial charge in [0, 0.05) is 33.3 Å². The van der Waals surface area contributed by atoms with Crippen molar-refractivity contribution in [2.75, 3.05) is 33.3 Å². The van der Waals surface area contributed by atoms with Crippen LogP contribution in [0.5, 0.6) is 0 Å². The van der Waals surface area contributed by atoms with Crippen molar-refractivity contribution in [3.8, 4) is 0 Å². The molecule has 0 bridgehead atoms. The molecule has 2 saturated heterocycles. The average Bonchev–Trinajstić information content (AvgIpc) is 2.47. The third-order valence-electron chi connectivity index (χ3n) is 4.12. The lowest BCUT2D eigenvalue weighted by Crippen LogP contribution is -2.49. The molecule has 2 rings (SSSR count). The number of carboxylic acids is 1. The molecule has 0 aromatic carbocycles. The van der Waals surface area contributed by atoms with Crippen LogP contribution in [0.1, 0.15) is 32.1 Å². The summed E-state index contributed by atoms with van der Waals surface area (Å²) in [5.41, 5.74) is 0. The highest BCUT2D eigenvalue weighted by Gasteiger charge is 2.30. The van der Waals surface area contributed by atoms with Gasteiger partial charge in [0.1, 0.15) is 0 Å². The van der Waals surface area contributed by atoms with E-state index < -0.39 is 11.9 Å². The number of hydrogen-bond donors (Lipinski definition) is 1. The van der Waals surface area contributed by atoms with Crippen molar-refractivity contribution >= 4 is 12.0 Å². The molecule has 2 amide bonds. The molecular weight excluding hydrogens is 260 g/mol. The lowest BCUT2D eigenvalue weighted by Gasteiger charge is -2.35. The van der Waals surface area contributed by atoms with Gasteiger partial charge in [-0.15, -0.1) is 0 Å². The molecule has 20 heavy (non-hydrogen) atoms. The number of ether oxygens (including phenoxy) is 1. The van der Waals surface area contributed by atoms with Gasteiger partial charge in [0.25, 0.3) is 0 Å². The Morgan fingerprint density at radius 3 is 2.75 bits per heavy atom. The summed E-state index contributed by atoms with van der Waals surface area (Å²) in [6, 6.07) is -0.0786. The molecule has 2 aliphatic rings. The molecule has 2 atom stereocenters. The van der Waals surface area contributed by atoms with E-state index in [1.54, 1.807) is 16.8 Å². The highest BCUT2D eigenvalue weighted by atomic mass is 16.5. The fraction of sp³-hybridized carbons (Fsp3) is 0.857. The van der Waals surface area contributed by atoms with Crippen LogP contribution in [-0.2, 0) is 9.53 Å². The first-order chi connectivity index (χ1) is 9.58. The van der Waals surface area contributed by atoms with Gasteiger partial charge in [-0.2, -0.15) is 0 Å². The molecule has 2 fully saturated rings. The predicted octanol–water partition coefficient (Wildman–Crippen LogP) is 1.40. The van der Waals surface area contributed by atoms with Crippen molar-refractivity contribution in [2.24, 2.45) is 5.92 Å². The minimum Gasteiger partial charge on any atom is -0.481 e. The Kier molecular flexibility index (Phi) is 5.23. The second-order valence-corrected chi connectivity index (χ2v) is 5.78. The van der Waals surface area contributed by atoms with E-state index in [1.165, 1.54) is 0 Å². The fourth-order valence-corrected chi connectivity index (χ4v) is 2.93. The van der Waals surface area contributed by atoms with Crippen molar-refractivity contribution in [1.82, 2.24) is 9.80 Å². The highest BCUT2D eigenvalue weighted by molar-refractivity contribution is 5.76. The molecule has 0 aromatic rings. The number of rotatable bonds is 3. The third-order valence-corrected chi connectivity index (χ3v) is 4.12. The first-order valence-electron chi connectivity index (χ1n) is 7.42. The average molecular weight is 284 g/mol. The van der Waals surface area contributed by atoms with E-state index in [0.29, 0.717) is 26.1 Å². The number of aliphatic carboxylic acids is 1. The monoisotopic (exact) mass is 284 g/mol. The van der Waals surface area contributed by atoms with Crippen molar-refractivity contribution in [3.05, 3.63) is 0 Å². The van der Waals surface area contributed by atoms with Crippen LogP contribution in [0.4, 0.5) is 4.79 Å². The number of carbonyl (C=O) groups is 2. The summed E-state index contributed by atoms with van der Waals surface area (Å²) < 4.78 is 5.64. The first-order valence-corrected chi connectivity index (χ1v) is 7.42. The summed E-state index contributed by atoms with van der Waals surface area (Å²) in [5, 5.41) is 9.07. The van der Waals surface area contributed by atoms with Gasteiger partial charge < -0.3 is 19.6 Å². The van der Waals surface area contributed by atoms with Crippen LogP contribution in [-0.4, -0.2) is 66.3 Å². The van der Waals surface area contributed by atoms with Gasteiger partial charge in [0.2, 0.25) is 0 Å². The predicted molar refractivity (Wildman–Crippen MR) is 73.5 cm³/mol. The smallest absolute Gasteiger partial charge is 0.319 e. The van der Waals surface area contributed by atoms with Crippen molar-refractivity contribution < 1.29 is 19.4 Å². The van der Waals surface area contributed by atoms with Crippen molar-refractivity contribution in [2.45, 2.75) is 38.2 Å². The number of urea groups is 1. The molecule has 0 saturated carbocycles. The van der Waals surface area contributed by atoms with Crippen LogP contribution < -0.4 is 0 Å². The summed E-state index contributed by atoms with van der Waals surface area (Å²) in [5.74, 6) is -1.23. The summed E-state index contributed by atoms with van der Waals surface area (Å²) >= 11 is 0. The van der Waals surface area contributed by atoms with Crippen LogP contribution in [0.25, 0.3) is 0 Å². The zero-order valence-electron chi connectivity index (χ0n) is 12.1. The van der Waals surface area contributed by atoms with E-state index in [2.05, 4.69) is 0 Å². The quantitative estimate of drug-likeness (QED) is 0.850. The number of likely N-dealkylation sites (N-methyl/N-ethyl adjacent to an activating group) is 1. The fourth-order valence-electron chi connectivity index (χ4n) is 2.93. The van der Waals surface area contributed by atoms with E-state index in [4.69, 9.17) is 9.84 Å². The van der Waals surface area contributed by atoms with Crippen LogP contribution in [0.15, 0.2) is 0 Å². The third kappa shape index (κ3) is 3.85. The number of nitrogens with zero attached hydrogens (tertiary/aromatic N) is 2. The van der Waals surface area contributed by atoms with Gasteiger partial charge in [-0.3, -0.25) is 4.79 Å². The zero-order valence-corrected chi connectivity index (χ0v) is 12.1. The van der Waals surface area contributed by atoms with Crippen molar-refractivity contribution in [1.29, 1.82) is 0 Å². The Bertz CT molecular complexity index is 355. The van der Waals surface area contributed by atoms with Gasteiger partial charge >= 0.3 is 12.0 Å². The molecule has 114 valence electrons. The summed E-state index contributed by atoms with van der Waals surface area (Å²) in [6.45, 7) is 2.34. The molecule has 0 radical (unpaired) electrons. The normalized spacial score (nSPS) is 27.1. The maximum Gasteiger partial charge on any atom is 0.319 e. The van der Waals surface area contributed by atoms with Crippen LogP contribution in [0.3, 0.4) is 0 Å². The molecule has 1 unspecified atom stereocenters. The number of likely N-dealkylation sites (tertiary alicyclic amines) is 1. The van der Waals surface area contributed by atoms with Gasteiger partial charge in [0.05, 0.1) is 12.0 Å². The minimum atomic E-state index is -0.805. The highest BCUT2D eigenvalue weighted by Crippen LogP contribution is 2.19. The van der Waals surface area contributed by atoms with E-state index in [1.807, 2.05) is 0 Å². The summed E-state index contributed by atoms with van der Waals surface area (Å²) in [4.78, 5) is 26.7. The largest absolute Gasteiger partial charge is 0.481 e. The van der Waals surface area contributed by atoms with Crippen LogP contribution >= 0.6 is 0 Å². The second-order valence-electron chi connectivity index (χ2n) is 5.78. The Balaban J connectivity index is 1.84. The minimum absolute atomic E-state index is 0.0786. The molecule has 1 N–H and O–H groups in total. The molecule has 6 nitrogen and oxygen atoms in total. The van der Waals surface area contributed by atoms with E-state index in [-0.39, 0.29) is 12.1 Å². The van der Waals surface area contributed by atoms with E-state index >= 15 is 0 Å². The molecule has 0 aliphatic carbocycles. The summed E-state index contributed by atoms with van der Waals surface area (Å²) in [6.07, 6.45) is 4.79. The number of carbonyl (C=O) groups excluding carboxylic acids is 1. The second kappa shape index (κ2) is 6.92.